The molecule has 0 saturated heterocycles. The van der Waals surface area contributed by atoms with Crippen LogP contribution in [0.5, 0.6) is 0 Å². The number of nitrogens with zero attached hydrogens (tertiary/aromatic N) is 2. The Balaban J connectivity index is 1.88. The standard InChI is InChI=1S/C18H18N4O3S3/c1-11-6-4-5-7-14(11)22-28(24,25)15-10-13(9-8-12(15)2)16(23)19-17-20-21-18(26-3)27-17/h4-10,22H,1-3H3,(H,19,20,23). The minimum absolute atomic E-state index is 0.0467. The summed E-state index contributed by atoms with van der Waals surface area (Å²) in [6.07, 6.45) is 1.87. The van der Waals surface area contributed by atoms with Crippen molar-refractivity contribution in [1.82, 2.24) is 10.2 Å². The van der Waals surface area contributed by atoms with E-state index < -0.39 is 15.9 Å². The monoisotopic (exact) mass is 434 g/mol. The molecular formula is C18H18N4O3S3. The lowest BCUT2D eigenvalue weighted by atomic mass is 10.1. The average molecular weight is 435 g/mol. The predicted molar refractivity (Wildman–Crippen MR) is 113 cm³/mol. The number of aryl methyl sites for hydroxylation is 2. The van der Waals surface area contributed by atoms with Crippen molar-refractivity contribution < 1.29 is 13.2 Å². The maximum absolute atomic E-state index is 12.9. The Morgan fingerprint density at radius 1 is 1.07 bits per heavy atom. The summed E-state index contributed by atoms with van der Waals surface area (Å²) in [5.74, 6) is -0.448. The van der Waals surface area contributed by atoms with Crippen LogP contribution in [0.4, 0.5) is 10.8 Å². The van der Waals surface area contributed by atoms with Crippen molar-refractivity contribution in [2.45, 2.75) is 23.1 Å². The highest BCUT2D eigenvalue weighted by molar-refractivity contribution is 8.00. The van der Waals surface area contributed by atoms with Crippen molar-refractivity contribution in [3.05, 3.63) is 59.2 Å². The summed E-state index contributed by atoms with van der Waals surface area (Å²) in [6, 6.07) is 11.6. The largest absolute Gasteiger partial charge is 0.296 e. The molecule has 0 saturated carbocycles. The molecule has 0 bridgehead atoms. The molecule has 0 unspecified atom stereocenters. The van der Waals surface area contributed by atoms with E-state index in [1.807, 2.05) is 25.3 Å². The van der Waals surface area contributed by atoms with E-state index >= 15 is 0 Å². The molecule has 3 aromatic rings. The second-order valence-electron chi connectivity index (χ2n) is 5.93. The Hall–Kier alpha value is -2.43. The Bertz CT molecular complexity index is 1130. The third-order valence-electron chi connectivity index (χ3n) is 3.93. The van der Waals surface area contributed by atoms with Crippen molar-refractivity contribution in [3.8, 4) is 0 Å². The number of amides is 1. The average Bonchev–Trinajstić information content (AvgIpc) is 3.11. The highest BCUT2D eigenvalue weighted by atomic mass is 32.2. The molecule has 0 aliphatic rings. The quantitative estimate of drug-likeness (QED) is 0.450. The number of anilines is 2. The normalized spacial score (nSPS) is 11.2. The number of carbonyl (C=O) groups is 1. The first-order chi connectivity index (χ1) is 13.3. The van der Waals surface area contributed by atoms with Crippen LogP contribution in [0.25, 0.3) is 0 Å². The summed E-state index contributed by atoms with van der Waals surface area (Å²) in [6.45, 7) is 3.50. The van der Waals surface area contributed by atoms with Gasteiger partial charge in [0.25, 0.3) is 15.9 Å². The second kappa shape index (κ2) is 8.29. The molecule has 28 heavy (non-hydrogen) atoms. The molecule has 0 atom stereocenters. The Kier molecular flexibility index (Phi) is 6.01. The van der Waals surface area contributed by atoms with Gasteiger partial charge in [-0.2, -0.15) is 0 Å². The lowest BCUT2D eigenvalue weighted by molar-refractivity contribution is 0.102. The van der Waals surface area contributed by atoms with Crippen molar-refractivity contribution in [1.29, 1.82) is 0 Å². The number of nitrogens with one attached hydrogen (secondary N) is 2. The van der Waals surface area contributed by atoms with Crippen molar-refractivity contribution in [2.75, 3.05) is 16.3 Å². The minimum Gasteiger partial charge on any atom is -0.296 e. The lowest BCUT2D eigenvalue weighted by Gasteiger charge is -2.13. The van der Waals surface area contributed by atoms with E-state index in [0.29, 0.717) is 16.4 Å². The Labute approximate surface area is 171 Å². The summed E-state index contributed by atoms with van der Waals surface area (Å²) in [5, 5.41) is 10.8. The number of aromatic nitrogens is 2. The molecule has 1 aromatic heterocycles. The van der Waals surface area contributed by atoms with Gasteiger partial charge in [-0.15, -0.1) is 10.2 Å². The second-order valence-corrected chi connectivity index (χ2v) is 9.61. The van der Waals surface area contributed by atoms with E-state index in [1.54, 1.807) is 31.2 Å². The summed E-state index contributed by atoms with van der Waals surface area (Å²) in [5.41, 5.74) is 2.06. The summed E-state index contributed by atoms with van der Waals surface area (Å²) < 4.78 is 29.1. The first-order valence-electron chi connectivity index (χ1n) is 8.18. The third kappa shape index (κ3) is 4.51. The van der Waals surface area contributed by atoms with Crippen LogP contribution in [0.3, 0.4) is 0 Å². The molecule has 3 rings (SSSR count). The van der Waals surface area contributed by atoms with Crippen LogP contribution in [0.2, 0.25) is 0 Å². The molecule has 0 aliphatic heterocycles. The van der Waals surface area contributed by atoms with Gasteiger partial charge in [-0.05, 0) is 49.4 Å². The van der Waals surface area contributed by atoms with Gasteiger partial charge in [0.1, 0.15) is 0 Å². The zero-order chi connectivity index (χ0) is 20.3. The Morgan fingerprint density at radius 3 is 2.50 bits per heavy atom. The topological polar surface area (TPSA) is 101 Å². The van der Waals surface area contributed by atoms with Gasteiger partial charge in [-0.3, -0.25) is 14.8 Å². The fourth-order valence-corrected chi connectivity index (χ4v) is 5.00. The van der Waals surface area contributed by atoms with Gasteiger partial charge in [-0.1, -0.05) is 47.4 Å². The van der Waals surface area contributed by atoms with Gasteiger partial charge < -0.3 is 0 Å². The molecule has 2 aromatic carbocycles. The van der Waals surface area contributed by atoms with Gasteiger partial charge >= 0.3 is 0 Å². The van der Waals surface area contributed by atoms with Crippen LogP contribution in [-0.4, -0.2) is 30.8 Å². The third-order valence-corrected chi connectivity index (χ3v) is 7.25. The number of hydrogen-bond acceptors (Lipinski definition) is 7. The molecule has 0 spiro atoms. The van der Waals surface area contributed by atoms with Crippen LogP contribution in [-0.2, 0) is 10.0 Å². The van der Waals surface area contributed by atoms with Gasteiger partial charge in [-0.25, -0.2) is 8.42 Å². The number of hydrogen-bond donors (Lipinski definition) is 2. The molecule has 0 radical (unpaired) electrons. The van der Waals surface area contributed by atoms with E-state index in [0.717, 1.165) is 9.90 Å². The molecule has 0 fully saturated rings. The maximum atomic E-state index is 12.9. The van der Waals surface area contributed by atoms with E-state index in [9.17, 15) is 13.2 Å². The van der Waals surface area contributed by atoms with Crippen molar-refractivity contribution in [3.63, 3.8) is 0 Å². The predicted octanol–water partition coefficient (Wildman–Crippen LogP) is 3.93. The molecule has 7 nitrogen and oxygen atoms in total. The summed E-state index contributed by atoms with van der Waals surface area (Å²) in [7, 11) is -3.85. The highest BCUT2D eigenvalue weighted by Crippen LogP contribution is 2.25. The van der Waals surface area contributed by atoms with Crippen LogP contribution in [0, 0.1) is 13.8 Å². The number of thioether (sulfide) groups is 1. The molecule has 1 heterocycles. The fourth-order valence-electron chi connectivity index (χ4n) is 2.43. The minimum atomic E-state index is -3.85. The van der Waals surface area contributed by atoms with Crippen LogP contribution in [0.1, 0.15) is 21.5 Å². The van der Waals surface area contributed by atoms with Crippen LogP contribution < -0.4 is 10.0 Å². The molecule has 146 valence electrons. The molecule has 0 aliphatic carbocycles. The molecule has 10 heteroatoms. The zero-order valence-corrected chi connectivity index (χ0v) is 17.8. The highest BCUT2D eigenvalue weighted by Gasteiger charge is 2.20. The number of para-hydroxylation sites is 1. The molecule has 2 N–H and O–H groups in total. The fraction of sp³-hybridized carbons (Fsp3) is 0.167. The summed E-state index contributed by atoms with van der Waals surface area (Å²) >= 11 is 2.68. The lowest BCUT2D eigenvalue weighted by Crippen LogP contribution is -2.17. The molecular weight excluding hydrogens is 416 g/mol. The maximum Gasteiger partial charge on any atom is 0.262 e. The first-order valence-corrected chi connectivity index (χ1v) is 11.7. The van der Waals surface area contributed by atoms with Gasteiger partial charge in [0, 0.05) is 5.56 Å². The summed E-state index contributed by atoms with van der Waals surface area (Å²) in [4.78, 5) is 12.6. The van der Waals surface area contributed by atoms with Gasteiger partial charge in [0.2, 0.25) is 5.13 Å². The smallest absolute Gasteiger partial charge is 0.262 e. The van der Waals surface area contributed by atoms with Crippen LogP contribution >= 0.6 is 23.1 Å². The van der Waals surface area contributed by atoms with Crippen molar-refractivity contribution in [2.24, 2.45) is 0 Å². The van der Waals surface area contributed by atoms with Crippen LogP contribution in [0.15, 0.2) is 51.7 Å². The zero-order valence-electron chi connectivity index (χ0n) is 15.4. The van der Waals surface area contributed by atoms with Gasteiger partial charge in [0.05, 0.1) is 10.6 Å². The first kappa shape index (κ1) is 20.3. The number of rotatable bonds is 6. The van der Waals surface area contributed by atoms with E-state index in [4.69, 9.17) is 0 Å². The molecule has 1 amide bonds. The van der Waals surface area contributed by atoms with Crippen molar-refractivity contribution >= 4 is 49.8 Å². The SMILES string of the molecule is CSc1nnc(NC(=O)c2ccc(C)c(S(=O)(=O)Nc3ccccc3C)c2)s1. The Morgan fingerprint density at radius 2 is 1.82 bits per heavy atom. The number of benzene rings is 2. The van der Waals surface area contributed by atoms with E-state index in [2.05, 4.69) is 20.2 Å². The van der Waals surface area contributed by atoms with E-state index in [-0.39, 0.29) is 10.5 Å². The van der Waals surface area contributed by atoms with E-state index in [1.165, 1.54) is 29.2 Å². The number of carbonyl (C=O) groups excluding carboxylic acids is 1. The number of sulfonamides is 1. The van der Waals surface area contributed by atoms with Gasteiger partial charge in [0.15, 0.2) is 4.34 Å².